The number of hydrogen-bond acceptors (Lipinski definition) is 19. The first kappa shape index (κ1) is 61.5. The molecule has 0 aromatic carbocycles. The molecule has 0 aliphatic carbocycles. The van der Waals surface area contributed by atoms with Gasteiger partial charge in [0.2, 0.25) is 59.1 Å². The van der Waals surface area contributed by atoms with Gasteiger partial charge in [-0.05, 0) is 46.5 Å². The van der Waals surface area contributed by atoms with Crippen molar-refractivity contribution < 1.29 is 93.2 Å². The molecule has 2 aliphatic heterocycles. The number of rotatable bonds is 26. The first-order valence-electron chi connectivity index (χ1n) is 23.0. The Morgan fingerprint density at radius 1 is 0.704 bits per heavy atom. The number of ether oxygens (including phenoxy) is 2. The number of carbonyl (C=O) groups is 10. The van der Waals surface area contributed by atoms with E-state index in [0.717, 1.165) is 20.8 Å². The van der Waals surface area contributed by atoms with E-state index in [-0.39, 0.29) is 19.4 Å². The number of primary amides is 1. The molecule has 404 valence electrons. The number of nitrogens with one attached hydrogen (secondary N) is 8. The quantitative estimate of drug-likeness (QED) is 0.0383. The third-order valence-electron chi connectivity index (χ3n) is 11.9. The molecule has 2 rings (SSSR count). The zero-order valence-electron chi connectivity index (χ0n) is 40.8. The number of hydrogen-bond donors (Lipinski definition) is 16. The Morgan fingerprint density at radius 3 is 1.73 bits per heavy atom. The Morgan fingerprint density at radius 2 is 1.24 bits per heavy atom. The van der Waals surface area contributed by atoms with Crippen LogP contribution < -0.4 is 48.3 Å². The van der Waals surface area contributed by atoms with Gasteiger partial charge >= 0.3 is 0 Å². The zero-order chi connectivity index (χ0) is 54.2. The molecule has 0 spiro atoms. The van der Waals surface area contributed by atoms with Gasteiger partial charge in [0.05, 0.1) is 44.2 Å². The fourth-order valence-corrected chi connectivity index (χ4v) is 7.58. The average molecular weight is 1020 g/mol. The summed E-state index contributed by atoms with van der Waals surface area (Å²) in [6, 6.07) is -12.8. The van der Waals surface area contributed by atoms with E-state index in [4.69, 9.17) is 15.2 Å². The number of aliphatic hydroxyl groups is 7. The van der Waals surface area contributed by atoms with Crippen molar-refractivity contribution in [2.75, 3.05) is 26.3 Å². The second-order valence-electron chi connectivity index (χ2n) is 17.6. The van der Waals surface area contributed by atoms with E-state index in [9.17, 15) is 83.7 Å². The highest BCUT2D eigenvalue weighted by molar-refractivity contribution is 5.98. The lowest BCUT2D eigenvalue weighted by atomic mass is 9.96. The summed E-state index contributed by atoms with van der Waals surface area (Å²) < 4.78 is 11.6. The lowest BCUT2D eigenvalue weighted by Gasteiger charge is -2.43. The van der Waals surface area contributed by atoms with Crippen LogP contribution in [0.1, 0.15) is 74.7 Å². The average Bonchev–Trinajstić information content (AvgIpc) is 3.80. The summed E-state index contributed by atoms with van der Waals surface area (Å²) in [5, 5.41) is 90.2. The van der Waals surface area contributed by atoms with Gasteiger partial charge in [-0.1, -0.05) is 20.3 Å². The van der Waals surface area contributed by atoms with E-state index in [1.54, 1.807) is 13.8 Å². The molecule has 29 nitrogen and oxygen atoms in total. The molecule has 71 heavy (non-hydrogen) atoms. The molecule has 17 atom stereocenters. The van der Waals surface area contributed by atoms with E-state index in [1.165, 1.54) is 25.7 Å². The molecule has 2 aliphatic rings. The summed E-state index contributed by atoms with van der Waals surface area (Å²) in [7, 11) is 0. The molecule has 2 saturated heterocycles. The van der Waals surface area contributed by atoms with Gasteiger partial charge in [0, 0.05) is 20.4 Å². The molecule has 0 unspecified atom stereocenters. The summed E-state index contributed by atoms with van der Waals surface area (Å²) in [6.45, 7) is 7.68. The van der Waals surface area contributed by atoms with Crippen molar-refractivity contribution in [3.05, 3.63) is 0 Å². The monoisotopic (exact) mass is 1020 g/mol. The Hall–Kier alpha value is -5.66. The molecular weight excluding hydrogens is 949 g/mol. The van der Waals surface area contributed by atoms with E-state index in [0.29, 0.717) is 6.42 Å². The lowest BCUT2D eigenvalue weighted by molar-refractivity contribution is -0.281. The summed E-state index contributed by atoms with van der Waals surface area (Å²) >= 11 is 0. The van der Waals surface area contributed by atoms with Crippen molar-refractivity contribution in [2.24, 2.45) is 11.7 Å². The second-order valence-corrected chi connectivity index (χ2v) is 17.6. The molecule has 10 amide bonds. The van der Waals surface area contributed by atoms with Crippen LogP contribution in [0, 0.1) is 5.92 Å². The summed E-state index contributed by atoms with van der Waals surface area (Å²) in [4.78, 5) is 131. The van der Waals surface area contributed by atoms with E-state index in [2.05, 4.69) is 42.5 Å². The maximum atomic E-state index is 14.2. The van der Waals surface area contributed by atoms with Crippen LogP contribution in [0.2, 0.25) is 0 Å². The van der Waals surface area contributed by atoms with Crippen LogP contribution in [0.3, 0.4) is 0 Å². The third-order valence-corrected chi connectivity index (χ3v) is 11.9. The molecule has 0 bridgehead atoms. The molecule has 0 aromatic rings. The van der Waals surface area contributed by atoms with Crippen LogP contribution >= 0.6 is 0 Å². The summed E-state index contributed by atoms with van der Waals surface area (Å²) in [5.74, 6) is -10.4. The smallest absolute Gasteiger partial charge is 0.246 e. The van der Waals surface area contributed by atoms with Crippen molar-refractivity contribution in [3.63, 3.8) is 0 Å². The second kappa shape index (κ2) is 28.4. The van der Waals surface area contributed by atoms with Crippen molar-refractivity contribution >= 4 is 59.1 Å². The standard InChI is InChI=1S/C42H72N10O19/c1-9-16(2)27(39(67)46-23(14-53)36(64)48-28(17(3)55)35(43)63)47-26(60)13-44-38(66)29(18(4)56)49-40(68)30(19(5)57)50-41(69)31(51-37(65)24-11-10-12-52(24)22(8)59)20(6)70-42-32(45-21(7)58)34(62)33(61)25(15-54)71-42/h16-20,23-25,27-34,42,53-57,61-62H,9-15H2,1-8H3,(H2,43,63)(H,44,66)(H,45,58)(H,46,67)(H,47,60)(H,48,64)(H,49,68)(H,50,69)(H,51,65)/t16-,17+,18+,19+,20+,23-,24-,25+,27-,28-,29-,30-,31-,32+,33-,34+,42-/m0/s1. The van der Waals surface area contributed by atoms with Gasteiger partial charge in [0.25, 0.3) is 0 Å². The van der Waals surface area contributed by atoms with Gasteiger partial charge in [-0.3, -0.25) is 47.9 Å². The van der Waals surface area contributed by atoms with Crippen LogP contribution in [-0.4, -0.2) is 223 Å². The normalized spacial score (nSPS) is 24.6. The molecule has 2 heterocycles. The van der Waals surface area contributed by atoms with Crippen molar-refractivity contribution in [1.82, 2.24) is 47.4 Å². The molecule has 17 N–H and O–H groups in total. The molecule has 0 radical (unpaired) electrons. The van der Waals surface area contributed by atoms with Gasteiger partial charge in [0.1, 0.15) is 66.6 Å². The van der Waals surface area contributed by atoms with Crippen molar-refractivity contribution in [1.29, 1.82) is 0 Å². The number of nitrogens with zero attached hydrogens (tertiary/aromatic N) is 1. The topological polar surface area (TPSA) is 456 Å². The number of carbonyl (C=O) groups excluding carboxylic acids is 10. The SMILES string of the molecule is CC[C@H](C)[C@H](NC(=O)CNC(=O)[C@@H](NC(=O)[C@@H](NC(=O)[C@@H](NC(=O)[C@@H]1CCCN1C(C)=O)[C@@H](C)O[C@H]1O[C@H](CO)[C@H](O)[C@H](O)[C@H]1NC(C)=O)[C@@H](C)O)[C@@H](C)O)C(=O)N[C@@H](CO)C(=O)N[C@H](C(N)=O)[C@@H](C)O. The van der Waals surface area contributed by atoms with Crippen LogP contribution in [0.5, 0.6) is 0 Å². The predicted octanol–water partition coefficient (Wildman–Crippen LogP) is -8.96. The zero-order valence-corrected chi connectivity index (χ0v) is 40.8. The number of amides is 10. The number of aliphatic hydroxyl groups excluding tert-OH is 7. The van der Waals surface area contributed by atoms with Crippen molar-refractivity contribution in [2.45, 2.75) is 172 Å². The minimum Gasteiger partial charge on any atom is -0.394 e. The largest absolute Gasteiger partial charge is 0.394 e. The maximum Gasteiger partial charge on any atom is 0.246 e. The van der Waals surface area contributed by atoms with Crippen LogP contribution in [0.4, 0.5) is 0 Å². The Kier molecular flexibility index (Phi) is 24.6. The Labute approximate surface area is 409 Å². The highest BCUT2D eigenvalue weighted by Crippen LogP contribution is 2.25. The van der Waals surface area contributed by atoms with Crippen molar-refractivity contribution in [3.8, 4) is 0 Å². The van der Waals surface area contributed by atoms with Crippen LogP contribution in [0.25, 0.3) is 0 Å². The van der Waals surface area contributed by atoms with Crippen LogP contribution in [-0.2, 0) is 57.4 Å². The molecule has 0 aromatic heterocycles. The first-order valence-corrected chi connectivity index (χ1v) is 23.0. The summed E-state index contributed by atoms with van der Waals surface area (Å²) in [6.07, 6.45) is -12.1. The molecule has 0 saturated carbocycles. The minimum atomic E-state index is -1.95. The third kappa shape index (κ3) is 17.6. The Balaban J connectivity index is 2.31. The van der Waals surface area contributed by atoms with E-state index in [1.807, 2.05) is 0 Å². The van der Waals surface area contributed by atoms with Gasteiger partial charge < -0.3 is 98.4 Å². The molecular formula is C42H72N10O19. The fourth-order valence-electron chi connectivity index (χ4n) is 7.58. The number of likely N-dealkylation sites (tertiary alicyclic amines) is 1. The molecule has 2 fully saturated rings. The van der Waals surface area contributed by atoms with Gasteiger partial charge in [-0.2, -0.15) is 0 Å². The number of nitrogens with two attached hydrogens (primary N) is 1. The highest BCUT2D eigenvalue weighted by atomic mass is 16.7. The van der Waals surface area contributed by atoms with Crippen LogP contribution in [0.15, 0.2) is 0 Å². The van der Waals surface area contributed by atoms with Gasteiger partial charge in [-0.15, -0.1) is 0 Å². The minimum absolute atomic E-state index is 0.197. The fraction of sp³-hybridized carbons (Fsp3) is 0.762. The molecule has 29 heteroatoms. The van der Waals surface area contributed by atoms with Gasteiger partial charge in [0.15, 0.2) is 6.29 Å². The lowest BCUT2D eigenvalue weighted by Crippen LogP contribution is -2.67. The summed E-state index contributed by atoms with van der Waals surface area (Å²) in [5.41, 5.74) is 5.20. The maximum absolute atomic E-state index is 14.2. The predicted molar refractivity (Wildman–Crippen MR) is 242 cm³/mol. The van der Waals surface area contributed by atoms with Gasteiger partial charge in [-0.25, -0.2) is 0 Å². The van der Waals surface area contributed by atoms with E-state index >= 15 is 0 Å². The Bertz CT molecular complexity index is 1890. The van der Waals surface area contributed by atoms with E-state index < -0.39 is 182 Å². The highest BCUT2D eigenvalue weighted by Gasteiger charge is 2.48. The first-order chi connectivity index (χ1) is 33.1.